The molecule has 2 rings (SSSR count). The highest BCUT2D eigenvalue weighted by molar-refractivity contribution is 5.76. The largest absolute Gasteiger partial charge is 0.346 e. The van der Waals surface area contributed by atoms with E-state index in [2.05, 4.69) is 15.5 Å². The molecule has 0 spiro atoms. The van der Waals surface area contributed by atoms with E-state index in [0.717, 1.165) is 18.2 Å². The fraction of sp³-hybridized carbons (Fsp3) is 0.769. The van der Waals surface area contributed by atoms with E-state index in [-0.39, 0.29) is 11.9 Å². The smallest absolute Gasteiger partial charge is 0.220 e. The summed E-state index contributed by atoms with van der Waals surface area (Å²) in [4.78, 5) is 11.8. The van der Waals surface area contributed by atoms with Gasteiger partial charge < -0.3 is 9.88 Å². The fourth-order valence-corrected chi connectivity index (χ4v) is 2.70. The monoisotopic (exact) mass is 250 g/mol. The van der Waals surface area contributed by atoms with Crippen LogP contribution in [0.25, 0.3) is 0 Å². The van der Waals surface area contributed by atoms with Crippen LogP contribution in [0.15, 0.2) is 6.33 Å². The zero-order valence-corrected chi connectivity index (χ0v) is 11.2. The number of nitrogens with zero attached hydrogens (tertiary/aromatic N) is 3. The molecule has 5 nitrogen and oxygen atoms in total. The molecule has 0 bridgehead atoms. The maximum Gasteiger partial charge on any atom is 0.220 e. The second kappa shape index (κ2) is 5.98. The molecule has 1 aromatic rings. The van der Waals surface area contributed by atoms with E-state index in [4.69, 9.17) is 0 Å². The van der Waals surface area contributed by atoms with Gasteiger partial charge in [-0.25, -0.2) is 0 Å². The summed E-state index contributed by atoms with van der Waals surface area (Å²) < 4.78 is 1.84. The van der Waals surface area contributed by atoms with E-state index in [1.54, 1.807) is 6.33 Å². The molecule has 0 radical (unpaired) electrons. The van der Waals surface area contributed by atoms with Crippen LogP contribution in [0.1, 0.15) is 57.3 Å². The molecule has 0 saturated heterocycles. The van der Waals surface area contributed by atoms with Gasteiger partial charge in [-0.1, -0.05) is 25.7 Å². The predicted molar refractivity (Wildman–Crippen MR) is 68.8 cm³/mol. The molecule has 0 aliphatic heterocycles. The zero-order valence-electron chi connectivity index (χ0n) is 11.2. The highest BCUT2D eigenvalue weighted by atomic mass is 16.1. The Morgan fingerprint density at radius 1 is 1.56 bits per heavy atom. The van der Waals surface area contributed by atoms with E-state index >= 15 is 0 Å². The van der Waals surface area contributed by atoms with Crippen LogP contribution in [-0.2, 0) is 11.8 Å². The van der Waals surface area contributed by atoms with Crippen molar-refractivity contribution in [3.8, 4) is 0 Å². The van der Waals surface area contributed by atoms with Crippen LogP contribution in [0.2, 0.25) is 0 Å². The minimum absolute atomic E-state index is 0.0754. The van der Waals surface area contributed by atoms with Crippen molar-refractivity contribution in [2.75, 3.05) is 0 Å². The van der Waals surface area contributed by atoms with Crippen LogP contribution in [0.5, 0.6) is 0 Å². The number of amides is 1. The average molecular weight is 250 g/mol. The Bertz CT molecular complexity index is 395. The van der Waals surface area contributed by atoms with Gasteiger partial charge in [0.2, 0.25) is 5.91 Å². The Balaban J connectivity index is 1.75. The van der Waals surface area contributed by atoms with Gasteiger partial charge >= 0.3 is 0 Å². The minimum atomic E-state index is -0.0754. The van der Waals surface area contributed by atoms with Crippen LogP contribution in [0.3, 0.4) is 0 Å². The van der Waals surface area contributed by atoms with Gasteiger partial charge in [-0.3, -0.25) is 4.79 Å². The first-order valence-corrected chi connectivity index (χ1v) is 6.80. The van der Waals surface area contributed by atoms with Gasteiger partial charge in [0, 0.05) is 13.5 Å². The molecular formula is C13H22N4O. The molecule has 1 heterocycles. The van der Waals surface area contributed by atoms with Crippen molar-refractivity contribution in [2.24, 2.45) is 13.0 Å². The number of carbonyl (C=O) groups excluding carboxylic acids is 1. The second-order valence-electron chi connectivity index (χ2n) is 5.28. The molecular weight excluding hydrogens is 228 g/mol. The molecule has 1 aliphatic carbocycles. The lowest BCUT2D eigenvalue weighted by Crippen LogP contribution is -2.28. The summed E-state index contributed by atoms with van der Waals surface area (Å²) in [6.07, 6.45) is 8.57. The van der Waals surface area contributed by atoms with Gasteiger partial charge in [-0.2, -0.15) is 0 Å². The lowest BCUT2D eigenvalue weighted by atomic mass is 10.0. The van der Waals surface area contributed by atoms with Crippen LogP contribution in [0, 0.1) is 5.92 Å². The van der Waals surface area contributed by atoms with Crippen LogP contribution in [-0.4, -0.2) is 20.7 Å². The van der Waals surface area contributed by atoms with Crippen molar-refractivity contribution in [2.45, 2.75) is 51.5 Å². The fourth-order valence-electron chi connectivity index (χ4n) is 2.70. The molecule has 0 aromatic carbocycles. The molecule has 1 amide bonds. The van der Waals surface area contributed by atoms with E-state index in [0.29, 0.717) is 6.42 Å². The standard InChI is InChI=1S/C13H22N4O/c1-10(13-16-14-9-17(13)2)15-12(18)8-7-11-5-3-4-6-11/h9-11H,3-8H2,1-2H3,(H,15,18)/t10-/m0/s1. The van der Waals surface area contributed by atoms with E-state index in [1.165, 1.54) is 25.7 Å². The number of hydrogen-bond acceptors (Lipinski definition) is 3. The molecule has 1 aliphatic rings. The topological polar surface area (TPSA) is 59.8 Å². The third-order valence-electron chi connectivity index (χ3n) is 3.77. The number of hydrogen-bond donors (Lipinski definition) is 1. The molecule has 1 saturated carbocycles. The van der Waals surface area contributed by atoms with Crippen molar-refractivity contribution < 1.29 is 4.79 Å². The van der Waals surface area contributed by atoms with E-state index in [1.807, 2.05) is 18.5 Å². The van der Waals surface area contributed by atoms with E-state index < -0.39 is 0 Å². The maximum absolute atomic E-state index is 11.8. The van der Waals surface area contributed by atoms with Gasteiger partial charge in [0.05, 0.1) is 6.04 Å². The summed E-state index contributed by atoms with van der Waals surface area (Å²) in [7, 11) is 1.89. The Morgan fingerprint density at radius 3 is 2.89 bits per heavy atom. The van der Waals surface area contributed by atoms with Gasteiger partial charge in [0.15, 0.2) is 5.82 Å². The highest BCUT2D eigenvalue weighted by Crippen LogP contribution is 2.28. The Morgan fingerprint density at radius 2 is 2.28 bits per heavy atom. The molecule has 1 N–H and O–H groups in total. The lowest BCUT2D eigenvalue weighted by molar-refractivity contribution is -0.122. The summed E-state index contributed by atoms with van der Waals surface area (Å²) in [6.45, 7) is 1.94. The first-order chi connectivity index (χ1) is 8.66. The van der Waals surface area contributed by atoms with Gasteiger partial charge in [0.25, 0.3) is 0 Å². The Hall–Kier alpha value is -1.39. The van der Waals surface area contributed by atoms with Crippen LogP contribution < -0.4 is 5.32 Å². The average Bonchev–Trinajstić information content (AvgIpc) is 2.97. The highest BCUT2D eigenvalue weighted by Gasteiger charge is 2.18. The summed E-state index contributed by atoms with van der Waals surface area (Å²) in [5.74, 6) is 1.68. The summed E-state index contributed by atoms with van der Waals surface area (Å²) in [6, 6.07) is -0.0754. The summed E-state index contributed by atoms with van der Waals surface area (Å²) in [5, 5.41) is 10.8. The second-order valence-corrected chi connectivity index (χ2v) is 5.28. The SMILES string of the molecule is C[C@H](NC(=O)CCC1CCCC1)c1nncn1C. The van der Waals surface area contributed by atoms with Crippen molar-refractivity contribution >= 4 is 5.91 Å². The number of nitrogens with one attached hydrogen (secondary N) is 1. The third-order valence-corrected chi connectivity index (χ3v) is 3.77. The number of rotatable bonds is 5. The number of aryl methyl sites for hydroxylation is 1. The van der Waals surface area contributed by atoms with E-state index in [9.17, 15) is 4.79 Å². The number of carbonyl (C=O) groups is 1. The lowest BCUT2D eigenvalue weighted by Gasteiger charge is -2.14. The normalized spacial score (nSPS) is 17.9. The molecule has 100 valence electrons. The zero-order chi connectivity index (χ0) is 13.0. The predicted octanol–water partition coefficient (Wildman–Crippen LogP) is 1.96. The maximum atomic E-state index is 11.8. The van der Waals surface area contributed by atoms with Crippen LogP contribution in [0.4, 0.5) is 0 Å². The van der Waals surface area contributed by atoms with Gasteiger partial charge in [0.1, 0.15) is 6.33 Å². The van der Waals surface area contributed by atoms with Crippen molar-refractivity contribution in [1.82, 2.24) is 20.1 Å². The molecule has 1 atom stereocenters. The van der Waals surface area contributed by atoms with Crippen molar-refractivity contribution in [3.05, 3.63) is 12.2 Å². The Labute approximate surface area is 108 Å². The molecule has 18 heavy (non-hydrogen) atoms. The molecule has 0 unspecified atom stereocenters. The van der Waals surface area contributed by atoms with Crippen molar-refractivity contribution in [3.63, 3.8) is 0 Å². The summed E-state index contributed by atoms with van der Waals surface area (Å²) in [5.41, 5.74) is 0. The van der Waals surface area contributed by atoms with Crippen molar-refractivity contribution in [1.29, 1.82) is 0 Å². The minimum Gasteiger partial charge on any atom is -0.346 e. The van der Waals surface area contributed by atoms with Gasteiger partial charge in [-0.05, 0) is 19.3 Å². The van der Waals surface area contributed by atoms with Gasteiger partial charge in [-0.15, -0.1) is 10.2 Å². The molecule has 5 heteroatoms. The number of aromatic nitrogens is 3. The Kier molecular flexibility index (Phi) is 4.33. The first-order valence-electron chi connectivity index (χ1n) is 6.80. The first kappa shape index (κ1) is 13.1. The quantitative estimate of drug-likeness (QED) is 0.869. The molecule has 1 fully saturated rings. The summed E-state index contributed by atoms with van der Waals surface area (Å²) >= 11 is 0. The molecule has 1 aromatic heterocycles. The van der Waals surface area contributed by atoms with Crippen LogP contribution >= 0.6 is 0 Å². The third kappa shape index (κ3) is 3.31.